The van der Waals surface area contributed by atoms with Crippen molar-refractivity contribution >= 4 is 16.7 Å². The van der Waals surface area contributed by atoms with Crippen LogP contribution in [-0.2, 0) is 17.6 Å². The molecular formula is C27H31NO2. The highest BCUT2D eigenvalue weighted by atomic mass is 16.5. The molecule has 0 aliphatic heterocycles. The molecule has 0 heterocycles. The molecule has 1 aliphatic carbocycles. The molecule has 30 heavy (non-hydrogen) atoms. The standard InChI is InChI=1S/C27H31NO2/c1-3-25(23-14-13-19-9-5-7-11-21(19)17-23)28-27(29)26(4-2)30-24-16-15-20-10-6-8-12-22(20)18-24/h6,8,10,12-18,25-26H,3-5,7,9,11H2,1-2H3,(H,28,29)/t25-,26-/m0/s1. The molecule has 0 fully saturated rings. The predicted octanol–water partition coefficient (Wildman–Crippen LogP) is 6.14. The smallest absolute Gasteiger partial charge is 0.261 e. The molecule has 0 saturated heterocycles. The summed E-state index contributed by atoms with van der Waals surface area (Å²) in [6, 6.07) is 20.9. The third-order valence-corrected chi connectivity index (χ3v) is 6.16. The number of fused-ring (bicyclic) bond motifs is 2. The van der Waals surface area contributed by atoms with Crippen molar-refractivity contribution in [2.45, 2.75) is 64.5 Å². The zero-order chi connectivity index (χ0) is 20.9. The van der Waals surface area contributed by atoms with Gasteiger partial charge < -0.3 is 10.1 Å². The first-order valence-electron chi connectivity index (χ1n) is 11.3. The van der Waals surface area contributed by atoms with Gasteiger partial charge in [-0.1, -0.05) is 62.4 Å². The maximum absolute atomic E-state index is 13.0. The van der Waals surface area contributed by atoms with Crippen LogP contribution in [0, 0.1) is 0 Å². The Hall–Kier alpha value is -2.81. The van der Waals surface area contributed by atoms with E-state index in [2.05, 4.69) is 42.6 Å². The van der Waals surface area contributed by atoms with E-state index in [1.54, 1.807) is 0 Å². The topological polar surface area (TPSA) is 38.3 Å². The van der Waals surface area contributed by atoms with Gasteiger partial charge in [-0.2, -0.15) is 0 Å². The van der Waals surface area contributed by atoms with Gasteiger partial charge in [0.25, 0.3) is 5.91 Å². The molecule has 0 radical (unpaired) electrons. The summed E-state index contributed by atoms with van der Waals surface area (Å²) in [7, 11) is 0. The Balaban J connectivity index is 1.47. The van der Waals surface area contributed by atoms with Gasteiger partial charge in [-0.05, 0) is 78.1 Å². The zero-order valence-electron chi connectivity index (χ0n) is 18.0. The molecule has 4 rings (SSSR count). The lowest BCUT2D eigenvalue weighted by atomic mass is 9.88. The molecule has 3 heteroatoms. The number of aryl methyl sites for hydroxylation is 2. The molecule has 1 amide bonds. The second kappa shape index (κ2) is 9.34. The van der Waals surface area contributed by atoms with Crippen LogP contribution in [0.4, 0.5) is 0 Å². The highest BCUT2D eigenvalue weighted by Crippen LogP contribution is 2.27. The lowest BCUT2D eigenvalue weighted by Gasteiger charge is -2.24. The van der Waals surface area contributed by atoms with E-state index >= 15 is 0 Å². The predicted molar refractivity (Wildman–Crippen MR) is 123 cm³/mol. The van der Waals surface area contributed by atoms with Crippen LogP contribution in [0.5, 0.6) is 5.75 Å². The molecule has 1 N–H and O–H groups in total. The fraction of sp³-hybridized carbons (Fsp3) is 0.370. The van der Waals surface area contributed by atoms with Gasteiger partial charge >= 0.3 is 0 Å². The van der Waals surface area contributed by atoms with Gasteiger partial charge in [-0.15, -0.1) is 0 Å². The average molecular weight is 402 g/mol. The lowest BCUT2D eigenvalue weighted by molar-refractivity contribution is -0.128. The molecule has 3 aromatic carbocycles. The summed E-state index contributed by atoms with van der Waals surface area (Å²) in [5, 5.41) is 5.52. The summed E-state index contributed by atoms with van der Waals surface area (Å²) in [6.45, 7) is 4.11. The van der Waals surface area contributed by atoms with Crippen LogP contribution in [0.25, 0.3) is 10.8 Å². The van der Waals surface area contributed by atoms with Crippen LogP contribution in [0.1, 0.15) is 62.3 Å². The van der Waals surface area contributed by atoms with Gasteiger partial charge in [0, 0.05) is 0 Å². The Labute approximate surface area is 179 Å². The molecular weight excluding hydrogens is 370 g/mol. The van der Waals surface area contributed by atoms with Crippen molar-refractivity contribution in [1.82, 2.24) is 5.32 Å². The van der Waals surface area contributed by atoms with Crippen molar-refractivity contribution in [2.24, 2.45) is 0 Å². The molecule has 2 atom stereocenters. The van der Waals surface area contributed by atoms with E-state index in [1.807, 2.05) is 37.3 Å². The van der Waals surface area contributed by atoms with Gasteiger partial charge in [-0.25, -0.2) is 0 Å². The van der Waals surface area contributed by atoms with Crippen LogP contribution < -0.4 is 10.1 Å². The zero-order valence-corrected chi connectivity index (χ0v) is 18.0. The van der Waals surface area contributed by atoms with E-state index in [-0.39, 0.29) is 11.9 Å². The Morgan fingerprint density at radius 3 is 2.43 bits per heavy atom. The van der Waals surface area contributed by atoms with Crippen LogP contribution >= 0.6 is 0 Å². The van der Waals surface area contributed by atoms with Gasteiger partial charge in [0.2, 0.25) is 0 Å². The Morgan fingerprint density at radius 2 is 1.67 bits per heavy atom. The number of ether oxygens (including phenoxy) is 1. The number of carbonyl (C=O) groups excluding carboxylic acids is 1. The third-order valence-electron chi connectivity index (χ3n) is 6.16. The van der Waals surface area contributed by atoms with Crippen molar-refractivity contribution in [1.29, 1.82) is 0 Å². The normalized spacial score (nSPS) is 15.3. The van der Waals surface area contributed by atoms with Crippen molar-refractivity contribution in [3.63, 3.8) is 0 Å². The number of carbonyl (C=O) groups is 1. The fourth-order valence-electron chi connectivity index (χ4n) is 4.38. The second-order valence-electron chi connectivity index (χ2n) is 8.23. The number of nitrogens with one attached hydrogen (secondary N) is 1. The summed E-state index contributed by atoms with van der Waals surface area (Å²) in [4.78, 5) is 13.0. The molecule has 0 spiro atoms. The van der Waals surface area contributed by atoms with Gasteiger partial charge in [0.05, 0.1) is 6.04 Å². The maximum atomic E-state index is 13.0. The Morgan fingerprint density at radius 1 is 0.900 bits per heavy atom. The quantitative estimate of drug-likeness (QED) is 0.516. The number of benzene rings is 3. The van der Waals surface area contributed by atoms with E-state index in [0.29, 0.717) is 6.42 Å². The molecule has 3 aromatic rings. The van der Waals surface area contributed by atoms with E-state index in [1.165, 1.54) is 41.3 Å². The highest BCUT2D eigenvalue weighted by molar-refractivity contribution is 5.84. The number of hydrogen-bond acceptors (Lipinski definition) is 2. The Bertz CT molecular complexity index is 1030. The van der Waals surface area contributed by atoms with Crippen LogP contribution in [0.15, 0.2) is 60.7 Å². The van der Waals surface area contributed by atoms with Crippen molar-refractivity contribution in [3.05, 3.63) is 77.4 Å². The van der Waals surface area contributed by atoms with Crippen molar-refractivity contribution < 1.29 is 9.53 Å². The number of rotatable bonds is 7. The summed E-state index contributed by atoms with van der Waals surface area (Å²) < 4.78 is 6.09. The summed E-state index contributed by atoms with van der Waals surface area (Å²) in [5.41, 5.74) is 4.12. The van der Waals surface area contributed by atoms with E-state index in [0.717, 1.165) is 24.0 Å². The minimum atomic E-state index is -0.502. The first-order chi connectivity index (χ1) is 14.7. The fourth-order valence-corrected chi connectivity index (χ4v) is 4.38. The number of hydrogen-bond donors (Lipinski definition) is 1. The molecule has 0 unspecified atom stereocenters. The van der Waals surface area contributed by atoms with Crippen LogP contribution in [-0.4, -0.2) is 12.0 Å². The molecule has 0 saturated carbocycles. The molecule has 0 bridgehead atoms. The first-order valence-corrected chi connectivity index (χ1v) is 11.3. The Kier molecular flexibility index (Phi) is 6.37. The minimum Gasteiger partial charge on any atom is -0.481 e. The third kappa shape index (κ3) is 4.51. The minimum absolute atomic E-state index is 0.0129. The molecule has 1 aliphatic rings. The summed E-state index contributed by atoms with van der Waals surface area (Å²) >= 11 is 0. The average Bonchev–Trinajstić information content (AvgIpc) is 2.80. The van der Waals surface area contributed by atoms with E-state index in [9.17, 15) is 4.79 Å². The first kappa shape index (κ1) is 20.5. The molecule has 3 nitrogen and oxygen atoms in total. The summed E-state index contributed by atoms with van der Waals surface area (Å²) in [5.74, 6) is 0.688. The van der Waals surface area contributed by atoms with Crippen molar-refractivity contribution in [2.75, 3.05) is 0 Å². The van der Waals surface area contributed by atoms with E-state index < -0.39 is 6.10 Å². The van der Waals surface area contributed by atoms with Crippen molar-refractivity contribution in [3.8, 4) is 5.75 Å². The van der Waals surface area contributed by atoms with Gasteiger partial charge in [0.1, 0.15) is 5.75 Å². The van der Waals surface area contributed by atoms with Crippen LogP contribution in [0.3, 0.4) is 0 Å². The van der Waals surface area contributed by atoms with Gasteiger partial charge in [0.15, 0.2) is 6.10 Å². The monoisotopic (exact) mass is 401 g/mol. The van der Waals surface area contributed by atoms with E-state index in [4.69, 9.17) is 4.74 Å². The largest absolute Gasteiger partial charge is 0.481 e. The lowest BCUT2D eigenvalue weighted by Crippen LogP contribution is -2.40. The maximum Gasteiger partial charge on any atom is 0.261 e. The SMILES string of the molecule is CC[C@H](Oc1ccc2ccccc2c1)C(=O)N[C@@H](CC)c1ccc2c(c1)CCCC2. The highest BCUT2D eigenvalue weighted by Gasteiger charge is 2.23. The second-order valence-corrected chi connectivity index (χ2v) is 8.23. The molecule has 0 aromatic heterocycles. The van der Waals surface area contributed by atoms with Gasteiger partial charge in [-0.3, -0.25) is 4.79 Å². The number of amides is 1. The summed E-state index contributed by atoms with van der Waals surface area (Å²) in [6.07, 6.45) is 5.85. The molecule has 156 valence electrons. The van der Waals surface area contributed by atoms with Crippen LogP contribution in [0.2, 0.25) is 0 Å².